The first-order valence-electron chi connectivity index (χ1n) is 18.6. The summed E-state index contributed by atoms with van der Waals surface area (Å²) in [5.41, 5.74) is 4.46. The number of rotatable bonds is 12. The number of hydrogen-bond donors (Lipinski definition) is 0. The zero-order valence-corrected chi connectivity index (χ0v) is 33.0. The second-order valence-electron chi connectivity index (χ2n) is 14.8. The van der Waals surface area contributed by atoms with E-state index in [1.807, 2.05) is 0 Å². The molecule has 0 unspecified atom stereocenters. The van der Waals surface area contributed by atoms with Crippen molar-refractivity contribution in [3.05, 3.63) is 24.3 Å². The minimum absolute atomic E-state index is 0.285. The van der Waals surface area contributed by atoms with E-state index in [0.29, 0.717) is 12.7 Å². The van der Waals surface area contributed by atoms with Gasteiger partial charge in [-0.05, 0) is 111 Å². The average molecular weight is 719 g/mol. The summed E-state index contributed by atoms with van der Waals surface area (Å²) in [6, 6.07) is 0. The van der Waals surface area contributed by atoms with Gasteiger partial charge < -0.3 is 0 Å². The Bertz CT molecular complexity index is 594. The summed E-state index contributed by atoms with van der Waals surface area (Å²) < 4.78 is 0. The fraction of sp³-hybridized carbons (Fsp3) is 0.895. The van der Waals surface area contributed by atoms with Crippen molar-refractivity contribution in [1.82, 2.24) is 0 Å². The van der Waals surface area contributed by atoms with E-state index in [1.54, 1.807) is 51.4 Å². The molecule has 0 bridgehead atoms. The zero-order chi connectivity index (χ0) is 31.1. The van der Waals surface area contributed by atoms with Crippen LogP contribution >= 0.6 is 36.2 Å². The van der Waals surface area contributed by atoms with Crippen molar-refractivity contribution in [1.29, 1.82) is 0 Å². The molecule has 0 heterocycles. The third kappa shape index (κ3) is 18.5. The third-order valence-corrected chi connectivity index (χ3v) is 17.4. The molecule has 43 heavy (non-hydrogen) atoms. The Hall–Kier alpha value is 1.41. The van der Waals surface area contributed by atoms with Crippen LogP contribution in [-0.2, 0) is 12.7 Å². The molecule has 4 fully saturated rings. The van der Waals surface area contributed by atoms with Crippen molar-refractivity contribution < 1.29 is 12.7 Å². The van der Waals surface area contributed by atoms with E-state index in [9.17, 15) is 0 Å². The first-order chi connectivity index (χ1) is 21.0. The van der Waals surface area contributed by atoms with Gasteiger partial charge in [-0.25, -0.2) is 0 Å². The van der Waals surface area contributed by atoms with Gasteiger partial charge in [-0.3, -0.25) is 0 Å². The molecule has 0 aliphatic heterocycles. The van der Waals surface area contributed by atoms with Crippen molar-refractivity contribution in [2.24, 2.45) is 11.8 Å². The molecule has 4 aliphatic rings. The van der Waals surface area contributed by atoms with Crippen LogP contribution in [0.1, 0.15) is 169 Å². The Kier molecular flexibility index (Phi) is 24.9. The van der Waals surface area contributed by atoms with Gasteiger partial charge >= 0.3 is 33.0 Å². The second kappa shape index (κ2) is 26.4. The van der Waals surface area contributed by atoms with E-state index < -0.39 is 0 Å². The molecule has 0 saturated heterocycles. The molecule has 0 aromatic rings. The molecular formula is C38H70Cl2NiP2. The van der Waals surface area contributed by atoms with Crippen molar-refractivity contribution >= 4 is 36.2 Å². The van der Waals surface area contributed by atoms with E-state index >= 15 is 0 Å². The van der Waals surface area contributed by atoms with Gasteiger partial charge in [0.2, 0.25) is 0 Å². The quantitative estimate of drug-likeness (QED) is 0.107. The van der Waals surface area contributed by atoms with Crippen molar-refractivity contribution in [2.75, 3.05) is 12.3 Å². The first kappa shape index (κ1) is 40.6. The third-order valence-electron chi connectivity index (χ3n) is 10.4. The summed E-state index contributed by atoms with van der Waals surface area (Å²) in [5.74, 6) is 1.64. The monoisotopic (exact) mass is 716 g/mol. The molecule has 0 aromatic carbocycles. The van der Waals surface area contributed by atoms with Crippen LogP contribution in [0.4, 0.5) is 0 Å². The molecule has 4 aliphatic carbocycles. The Morgan fingerprint density at radius 3 is 0.907 bits per heavy atom. The molecule has 0 nitrogen and oxygen atoms in total. The zero-order valence-electron chi connectivity index (χ0n) is 28.7. The Morgan fingerprint density at radius 2 is 0.698 bits per heavy atom. The van der Waals surface area contributed by atoms with E-state index in [1.165, 1.54) is 102 Å². The standard InChI is InChI=1S/2C19H35P.2ClH.Ni/c2*1-17(2)11-9-10-16-20(18-12-5-3-6-13-18)19-14-7-4-8-15-19;;;/h2*9-10,17-19H,3-8,11-16H2,1-2H3;2*1H;/q;;;;+2/p-2. The maximum atomic E-state index is 4.70. The molecular weight excluding hydrogens is 648 g/mol. The van der Waals surface area contributed by atoms with Crippen LogP contribution in [-0.4, -0.2) is 35.0 Å². The Balaban J connectivity index is 0.000000275. The van der Waals surface area contributed by atoms with Gasteiger partial charge in [0.05, 0.1) is 0 Å². The number of allylic oxidation sites excluding steroid dienone is 4. The molecule has 256 valence electrons. The van der Waals surface area contributed by atoms with Crippen LogP contribution in [0.15, 0.2) is 24.3 Å². The molecule has 0 spiro atoms. The fourth-order valence-corrected chi connectivity index (χ4v) is 15.3. The van der Waals surface area contributed by atoms with Gasteiger partial charge in [-0.1, -0.05) is 145 Å². The van der Waals surface area contributed by atoms with Crippen molar-refractivity contribution in [2.45, 2.75) is 192 Å². The summed E-state index contributed by atoms with van der Waals surface area (Å²) in [5, 5.41) is 0. The number of halogens is 2. The Morgan fingerprint density at radius 1 is 0.465 bits per heavy atom. The van der Waals surface area contributed by atoms with Gasteiger partial charge in [-0.2, -0.15) is 0 Å². The van der Waals surface area contributed by atoms with Crippen LogP contribution in [0.2, 0.25) is 0 Å². The number of hydrogen-bond acceptors (Lipinski definition) is 0. The fourth-order valence-electron chi connectivity index (χ4n) is 7.97. The van der Waals surface area contributed by atoms with Crippen LogP contribution in [0.3, 0.4) is 0 Å². The molecule has 0 atom stereocenters. The van der Waals surface area contributed by atoms with Gasteiger partial charge in [0.15, 0.2) is 0 Å². The molecule has 0 radical (unpaired) electrons. The summed E-state index contributed by atoms with van der Waals surface area (Å²) in [7, 11) is 9.97. The van der Waals surface area contributed by atoms with Crippen molar-refractivity contribution in [3.63, 3.8) is 0 Å². The van der Waals surface area contributed by atoms with Gasteiger partial charge in [0.1, 0.15) is 0 Å². The SMILES string of the molecule is CC(C)CC=CCP(C1CCCCC1)C1CCCCC1.CC(C)CC=CCP(C1CCCCC1)C1CCCCC1.[Cl][Ni][Cl]. The maximum absolute atomic E-state index is 4.70. The Labute approximate surface area is 287 Å². The van der Waals surface area contributed by atoms with E-state index in [2.05, 4.69) is 52.0 Å². The topological polar surface area (TPSA) is 0 Å². The van der Waals surface area contributed by atoms with Gasteiger partial charge in [0.25, 0.3) is 0 Å². The predicted octanol–water partition coefficient (Wildman–Crippen LogP) is 14.8. The van der Waals surface area contributed by atoms with Crippen LogP contribution in [0.25, 0.3) is 0 Å². The second-order valence-corrected chi connectivity index (χ2v) is 22.1. The minimum atomic E-state index is 0.285. The van der Waals surface area contributed by atoms with Gasteiger partial charge in [0, 0.05) is 0 Å². The summed E-state index contributed by atoms with van der Waals surface area (Å²) in [6.45, 7) is 9.32. The normalized spacial score (nSPS) is 22.1. The van der Waals surface area contributed by atoms with E-state index in [0.717, 1.165) is 34.5 Å². The predicted molar refractivity (Wildman–Crippen MR) is 200 cm³/mol. The van der Waals surface area contributed by atoms with Crippen LogP contribution in [0, 0.1) is 11.8 Å². The molecule has 4 saturated carbocycles. The first-order valence-corrected chi connectivity index (χ1v) is 24.6. The van der Waals surface area contributed by atoms with Crippen LogP contribution in [0.5, 0.6) is 0 Å². The van der Waals surface area contributed by atoms with E-state index in [4.69, 9.17) is 20.4 Å². The summed E-state index contributed by atoms with van der Waals surface area (Å²) >= 11 is 0.569. The van der Waals surface area contributed by atoms with Crippen LogP contribution < -0.4 is 0 Å². The average Bonchev–Trinajstić information content (AvgIpc) is 3.03. The molecule has 5 heteroatoms. The molecule has 0 N–H and O–H groups in total. The van der Waals surface area contributed by atoms with Crippen molar-refractivity contribution in [3.8, 4) is 0 Å². The van der Waals surface area contributed by atoms with E-state index in [-0.39, 0.29) is 15.8 Å². The molecule has 0 aromatic heterocycles. The molecule has 0 amide bonds. The van der Waals surface area contributed by atoms with Gasteiger partial charge in [-0.15, -0.1) is 0 Å². The molecule has 4 rings (SSSR count). The summed E-state index contributed by atoms with van der Waals surface area (Å²) in [6.07, 6.45) is 46.2. The summed E-state index contributed by atoms with van der Waals surface area (Å²) in [4.78, 5) is 0.